The van der Waals surface area contributed by atoms with E-state index in [4.69, 9.17) is 10.6 Å². The van der Waals surface area contributed by atoms with Gasteiger partial charge in [0.1, 0.15) is 5.75 Å². The zero-order chi connectivity index (χ0) is 14.4. The average molecular weight is 305 g/mol. The Hall–Kier alpha value is -2.30. The summed E-state index contributed by atoms with van der Waals surface area (Å²) >= 11 is 0. The molecular weight excluding hydrogens is 288 g/mol. The molecule has 0 atom stereocenters. The first-order valence-electron chi connectivity index (χ1n) is 6.16. The van der Waals surface area contributed by atoms with Gasteiger partial charge < -0.3 is 4.74 Å². The van der Waals surface area contributed by atoms with Crippen molar-refractivity contribution in [1.29, 1.82) is 0 Å². The third kappa shape index (κ3) is 4.63. The molecule has 0 fully saturated rings. The van der Waals surface area contributed by atoms with Gasteiger partial charge in [-0.25, -0.2) is 10.9 Å². The van der Waals surface area contributed by atoms with Gasteiger partial charge in [0.2, 0.25) is 0 Å². The van der Waals surface area contributed by atoms with Crippen molar-refractivity contribution >= 4 is 30.1 Å². The third-order valence-corrected chi connectivity index (χ3v) is 2.81. The van der Waals surface area contributed by atoms with Crippen LogP contribution in [0.1, 0.15) is 5.56 Å². The molecule has 2 N–H and O–H groups in total. The van der Waals surface area contributed by atoms with Gasteiger partial charge in [-0.05, 0) is 35.9 Å². The first-order valence-corrected chi connectivity index (χ1v) is 6.16. The monoisotopic (exact) mass is 304 g/mol. The van der Waals surface area contributed by atoms with Gasteiger partial charge in [0.15, 0.2) is 0 Å². The van der Waals surface area contributed by atoms with Crippen molar-refractivity contribution in [1.82, 2.24) is 0 Å². The number of carbonyl (C=O) groups excluding carboxylic acids is 1. The molecular formula is C16H17ClN2O2. The highest BCUT2D eigenvalue weighted by Crippen LogP contribution is 2.17. The lowest BCUT2D eigenvalue weighted by Crippen LogP contribution is -2.36. The maximum atomic E-state index is 12.0. The number of halogens is 1. The number of nitrogens with two attached hydrogens (primary N) is 1. The molecule has 5 heteroatoms. The molecule has 0 spiro atoms. The van der Waals surface area contributed by atoms with Crippen LogP contribution in [0.4, 0.5) is 5.69 Å². The SMILES string of the molecule is COc1ccc(N(N)C(=O)C=Cc2ccccc2)cc1.Cl. The molecule has 0 aliphatic heterocycles. The molecule has 2 aromatic carbocycles. The molecule has 0 heterocycles. The second kappa shape index (κ2) is 8.09. The molecule has 21 heavy (non-hydrogen) atoms. The summed E-state index contributed by atoms with van der Waals surface area (Å²) in [5.41, 5.74) is 1.55. The zero-order valence-electron chi connectivity index (χ0n) is 11.6. The van der Waals surface area contributed by atoms with E-state index in [-0.39, 0.29) is 18.3 Å². The number of hydrogen-bond donors (Lipinski definition) is 1. The Morgan fingerprint density at radius 3 is 2.29 bits per heavy atom. The number of amides is 1. The van der Waals surface area contributed by atoms with Crippen molar-refractivity contribution in [3.8, 4) is 5.75 Å². The smallest absolute Gasteiger partial charge is 0.265 e. The van der Waals surface area contributed by atoms with Crippen LogP contribution in [0, 0.1) is 0 Å². The molecule has 0 saturated carbocycles. The van der Waals surface area contributed by atoms with Crippen LogP contribution in [-0.4, -0.2) is 13.0 Å². The molecule has 0 bridgehead atoms. The molecule has 4 nitrogen and oxygen atoms in total. The van der Waals surface area contributed by atoms with Crippen molar-refractivity contribution in [2.45, 2.75) is 0 Å². The maximum absolute atomic E-state index is 12.0. The Labute approximate surface area is 130 Å². The largest absolute Gasteiger partial charge is 0.497 e. The summed E-state index contributed by atoms with van der Waals surface area (Å²) in [7, 11) is 1.59. The van der Waals surface area contributed by atoms with Gasteiger partial charge in [-0.15, -0.1) is 12.4 Å². The number of ether oxygens (including phenoxy) is 1. The summed E-state index contributed by atoms with van der Waals surface area (Å²) < 4.78 is 5.06. The standard InChI is InChI=1S/C16H16N2O2.ClH/c1-20-15-10-8-14(9-11-15)18(17)16(19)12-7-13-5-3-2-4-6-13;/h2-12H,17H2,1H3;1H. The predicted octanol–water partition coefficient (Wildman–Crippen LogP) is 3.04. The first-order chi connectivity index (χ1) is 9.70. The fraction of sp³-hybridized carbons (Fsp3) is 0.0625. The molecule has 0 saturated heterocycles. The van der Waals surface area contributed by atoms with Gasteiger partial charge in [0.25, 0.3) is 5.91 Å². The molecule has 0 aromatic heterocycles. The summed E-state index contributed by atoms with van der Waals surface area (Å²) in [6.45, 7) is 0. The number of methoxy groups -OCH3 is 1. The van der Waals surface area contributed by atoms with Gasteiger partial charge in [0, 0.05) is 6.08 Å². The second-order valence-corrected chi connectivity index (χ2v) is 4.15. The molecule has 0 unspecified atom stereocenters. The third-order valence-electron chi connectivity index (χ3n) is 2.81. The lowest BCUT2D eigenvalue weighted by atomic mass is 10.2. The minimum absolute atomic E-state index is 0. The summed E-state index contributed by atoms with van der Waals surface area (Å²) in [6.07, 6.45) is 3.17. The fourth-order valence-electron chi connectivity index (χ4n) is 1.68. The highest BCUT2D eigenvalue weighted by molar-refractivity contribution is 6.02. The van der Waals surface area contributed by atoms with Crippen LogP contribution in [-0.2, 0) is 4.79 Å². The van der Waals surface area contributed by atoms with E-state index in [0.717, 1.165) is 16.3 Å². The number of hydrogen-bond acceptors (Lipinski definition) is 3. The van der Waals surface area contributed by atoms with Crippen LogP contribution in [0.15, 0.2) is 60.7 Å². The minimum Gasteiger partial charge on any atom is -0.497 e. The van der Waals surface area contributed by atoms with Crippen LogP contribution in [0.5, 0.6) is 5.75 Å². The summed E-state index contributed by atoms with van der Waals surface area (Å²) in [5, 5.41) is 1.10. The predicted molar refractivity (Wildman–Crippen MR) is 87.4 cm³/mol. The van der Waals surface area contributed by atoms with E-state index in [0.29, 0.717) is 5.69 Å². The van der Waals surface area contributed by atoms with E-state index in [9.17, 15) is 4.79 Å². The normalized spacial score (nSPS) is 10.0. The second-order valence-electron chi connectivity index (χ2n) is 4.15. The van der Waals surface area contributed by atoms with E-state index in [1.54, 1.807) is 37.5 Å². The highest BCUT2D eigenvalue weighted by atomic mass is 35.5. The van der Waals surface area contributed by atoms with Gasteiger partial charge in [0.05, 0.1) is 12.8 Å². The Bertz CT molecular complexity index is 597. The number of rotatable bonds is 4. The quantitative estimate of drug-likeness (QED) is 0.409. The van der Waals surface area contributed by atoms with E-state index >= 15 is 0 Å². The van der Waals surface area contributed by atoms with Gasteiger partial charge in [-0.2, -0.15) is 0 Å². The number of nitrogens with zero attached hydrogens (tertiary/aromatic N) is 1. The maximum Gasteiger partial charge on any atom is 0.265 e. The van der Waals surface area contributed by atoms with Crippen LogP contribution < -0.4 is 15.6 Å². The minimum atomic E-state index is -0.293. The Morgan fingerprint density at radius 2 is 1.71 bits per heavy atom. The van der Waals surface area contributed by atoms with Crippen molar-refractivity contribution in [2.75, 3.05) is 12.1 Å². The van der Waals surface area contributed by atoms with E-state index in [1.807, 2.05) is 30.3 Å². The summed E-state index contributed by atoms with van der Waals surface area (Å²) in [4.78, 5) is 12.0. The van der Waals surface area contributed by atoms with Crippen molar-refractivity contribution < 1.29 is 9.53 Å². The fourth-order valence-corrected chi connectivity index (χ4v) is 1.68. The highest BCUT2D eigenvalue weighted by Gasteiger charge is 2.08. The molecule has 0 radical (unpaired) electrons. The first kappa shape index (κ1) is 16.8. The Balaban J connectivity index is 0.00000220. The number of hydrazine groups is 1. The van der Waals surface area contributed by atoms with E-state index < -0.39 is 0 Å². The van der Waals surface area contributed by atoms with Crippen molar-refractivity contribution in [2.24, 2.45) is 5.84 Å². The van der Waals surface area contributed by atoms with E-state index in [1.165, 1.54) is 6.08 Å². The van der Waals surface area contributed by atoms with E-state index in [2.05, 4.69) is 0 Å². The van der Waals surface area contributed by atoms with Gasteiger partial charge in [-0.3, -0.25) is 4.79 Å². The lowest BCUT2D eigenvalue weighted by Gasteiger charge is -2.14. The van der Waals surface area contributed by atoms with Gasteiger partial charge in [-0.1, -0.05) is 30.3 Å². The molecule has 2 aromatic rings. The summed E-state index contributed by atoms with van der Waals surface area (Å²) in [5.74, 6) is 6.21. The topological polar surface area (TPSA) is 55.6 Å². The van der Waals surface area contributed by atoms with Crippen molar-refractivity contribution in [3.05, 3.63) is 66.2 Å². The Kier molecular flexibility index (Phi) is 6.46. The lowest BCUT2D eigenvalue weighted by molar-refractivity contribution is -0.114. The zero-order valence-corrected chi connectivity index (χ0v) is 12.4. The van der Waals surface area contributed by atoms with Crippen LogP contribution >= 0.6 is 12.4 Å². The molecule has 110 valence electrons. The summed E-state index contributed by atoms with van der Waals surface area (Å²) in [6, 6.07) is 16.5. The van der Waals surface area contributed by atoms with Crippen LogP contribution in [0.2, 0.25) is 0 Å². The molecule has 1 amide bonds. The van der Waals surface area contributed by atoms with Crippen molar-refractivity contribution in [3.63, 3.8) is 0 Å². The number of carbonyl (C=O) groups is 1. The van der Waals surface area contributed by atoms with Crippen LogP contribution in [0.25, 0.3) is 6.08 Å². The number of benzene rings is 2. The van der Waals surface area contributed by atoms with Crippen LogP contribution in [0.3, 0.4) is 0 Å². The van der Waals surface area contributed by atoms with Gasteiger partial charge >= 0.3 is 0 Å². The Morgan fingerprint density at radius 1 is 1.10 bits per heavy atom. The molecule has 0 aliphatic rings. The average Bonchev–Trinajstić information content (AvgIpc) is 2.53. The number of anilines is 1. The molecule has 2 rings (SSSR count). The molecule has 0 aliphatic carbocycles.